The minimum absolute atomic E-state index is 0.0849. The summed E-state index contributed by atoms with van der Waals surface area (Å²) in [4.78, 5) is 0. The van der Waals surface area contributed by atoms with E-state index in [4.69, 9.17) is 9.47 Å². The van der Waals surface area contributed by atoms with Crippen molar-refractivity contribution in [3.05, 3.63) is 0 Å². The normalized spacial score (nSPS) is 46.6. The molecule has 22 heavy (non-hydrogen) atoms. The van der Waals surface area contributed by atoms with Crippen LogP contribution in [0.15, 0.2) is 0 Å². The maximum absolute atomic E-state index is 10.2. The smallest absolute Gasteiger partial charge is 0.109 e. The molecule has 0 unspecified atom stereocenters. The second kappa shape index (κ2) is 8.01. The Hall–Kier alpha value is -0.280. The third-order valence-electron chi connectivity index (χ3n) is 4.81. The third-order valence-corrected chi connectivity index (χ3v) is 4.81. The Morgan fingerprint density at radius 1 is 1.00 bits per heavy atom. The number of aliphatic hydroxyl groups excluding tert-OH is 5. The molecule has 7 heteroatoms. The minimum atomic E-state index is -0.946. The number of aliphatic hydroxyl groups is 5. The van der Waals surface area contributed by atoms with Gasteiger partial charge in [-0.1, -0.05) is 6.92 Å². The van der Waals surface area contributed by atoms with Gasteiger partial charge in [-0.2, -0.15) is 0 Å². The van der Waals surface area contributed by atoms with Crippen molar-refractivity contribution in [2.45, 2.75) is 75.3 Å². The van der Waals surface area contributed by atoms with E-state index in [0.717, 1.165) is 6.42 Å². The summed E-state index contributed by atoms with van der Waals surface area (Å²) in [7, 11) is 0. The highest BCUT2D eigenvalue weighted by molar-refractivity contribution is 4.90. The molecule has 5 N–H and O–H groups in total. The summed E-state index contributed by atoms with van der Waals surface area (Å²) in [6, 6.07) is 0. The molecule has 130 valence electrons. The molecule has 1 heterocycles. The van der Waals surface area contributed by atoms with Crippen molar-refractivity contribution in [2.75, 3.05) is 13.2 Å². The summed E-state index contributed by atoms with van der Waals surface area (Å²) in [5.41, 5.74) is 0. The summed E-state index contributed by atoms with van der Waals surface area (Å²) in [5.74, 6) is -0.429. The highest BCUT2D eigenvalue weighted by atomic mass is 16.6. The van der Waals surface area contributed by atoms with Crippen molar-refractivity contribution < 1.29 is 35.0 Å². The van der Waals surface area contributed by atoms with Gasteiger partial charge in [-0.25, -0.2) is 0 Å². The Balaban J connectivity index is 1.98. The van der Waals surface area contributed by atoms with Crippen LogP contribution in [0.25, 0.3) is 0 Å². The van der Waals surface area contributed by atoms with Gasteiger partial charge in [0.15, 0.2) is 0 Å². The Labute approximate surface area is 130 Å². The molecule has 0 aromatic carbocycles. The first-order chi connectivity index (χ1) is 10.5. The number of hydrogen-bond acceptors (Lipinski definition) is 7. The summed E-state index contributed by atoms with van der Waals surface area (Å²) < 4.78 is 11.5. The van der Waals surface area contributed by atoms with Crippen molar-refractivity contribution in [1.29, 1.82) is 0 Å². The topological polar surface area (TPSA) is 120 Å². The molecule has 0 aromatic heterocycles. The van der Waals surface area contributed by atoms with E-state index in [2.05, 4.69) is 0 Å². The van der Waals surface area contributed by atoms with Crippen LogP contribution >= 0.6 is 0 Å². The highest BCUT2D eigenvalue weighted by Crippen LogP contribution is 2.31. The molecule has 2 rings (SSSR count). The molecule has 0 spiro atoms. The van der Waals surface area contributed by atoms with Crippen LogP contribution in [0.5, 0.6) is 0 Å². The zero-order valence-electron chi connectivity index (χ0n) is 12.9. The fraction of sp³-hybridized carbons (Fsp3) is 1.00. The van der Waals surface area contributed by atoms with Gasteiger partial charge in [-0.15, -0.1) is 0 Å². The largest absolute Gasteiger partial charge is 0.396 e. The van der Waals surface area contributed by atoms with E-state index in [1.165, 1.54) is 0 Å². The van der Waals surface area contributed by atoms with Gasteiger partial charge in [-0.3, -0.25) is 0 Å². The van der Waals surface area contributed by atoms with Gasteiger partial charge in [-0.05, 0) is 12.8 Å². The Kier molecular flexibility index (Phi) is 6.58. The molecule has 1 saturated carbocycles. The quantitative estimate of drug-likeness (QED) is 0.431. The van der Waals surface area contributed by atoms with Crippen LogP contribution in [0, 0.1) is 5.92 Å². The predicted octanol–water partition coefficient (Wildman–Crippen LogP) is -1.21. The van der Waals surface area contributed by atoms with Gasteiger partial charge in [0.1, 0.15) is 12.2 Å². The maximum atomic E-state index is 10.2. The Morgan fingerprint density at radius 2 is 1.73 bits per heavy atom. The van der Waals surface area contributed by atoms with Crippen LogP contribution in [0.1, 0.15) is 32.6 Å². The number of ether oxygens (including phenoxy) is 2. The molecule has 1 saturated heterocycles. The molecule has 0 amide bonds. The first-order valence-electron chi connectivity index (χ1n) is 8.06. The molecule has 0 bridgehead atoms. The van der Waals surface area contributed by atoms with Crippen LogP contribution in [0.2, 0.25) is 0 Å². The van der Waals surface area contributed by atoms with Gasteiger partial charge >= 0.3 is 0 Å². The van der Waals surface area contributed by atoms with E-state index in [1.807, 2.05) is 6.92 Å². The van der Waals surface area contributed by atoms with E-state index in [1.54, 1.807) is 0 Å². The van der Waals surface area contributed by atoms with Gasteiger partial charge < -0.3 is 35.0 Å². The van der Waals surface area contributed by atoms with Crippen LogP contribution < -0.4 is 0 Å². The second-order valence-corrected chi connectivity index (χ2v) is 6.38. The number of rotatable bonds is 5. The summed E-state index contributed by atoms with van der Waals surface area (Å²) in [6.07, 6.45) is -2.42. The van der Waals surface area contributed by atoms with E-state index in [9.17, 15) is 25.5 Å². The zero-order chi connectivity index (χ0) is 16.3. The van der Waals surface area contributed by atoms with E-state index in [0.29, 0.717) is 12.8 Å². The fourth-order valence-corrected chi connectivity index (χ4v) is 3.41. The first kappa shape index (κ1) is 18.1. The van der Waals surface area contributed by atoms with Crippen molar-refractivity contribution in [3.8, 4) is 0 Å². The maximum Gasteiger partial charge on any atom is 0.109 e. The molecule has 1 aliphatic carbocycles. The van der Waals surface area contributed by atoms with E-state index < -0.39 is 36.4 Å². The van der Waals surface area contributed by atoms with Crippen LogP contribution in [-0.2, 0) is 9.47 Å². The Bertz CT molecular complexity index is 340. The second-order valence-electron chi connectivity index (χ2n) is 6.38. The summed E-state index contributed by atoms with van der Waals surface area (Å²) >= 11 is 0. The van der Waals surface area contributed by atoms with Crippen molar-refractivity contribution >= 4 is 0 Å². The molecule has 2 fully saturated rings. The van der Waals surface area contributed by atoms with E-state index >= 15 is 0 Å². The van der Waals surface area contributed by atoms with E-state index in [-0.39, 0.29) is 31.8 Å². The lowest BCUT2D eigenvalue weighted by molar-refractivity contribution is -0.217. The molecule has 2 aliphatic rings. The molecule has 8 atom stereocenters. The lowest BCUT2D eigenvalue weighted by atomic mass is 9.83. The summed E-state index contributed by atoms with van der Waals surface area (Å²) in [6.45, 7) is 1.48. The van der Waals surface area contributed by atoms with Crippen LogP contribution in [-0.4, -0.2) is 81.5 Å². The predicted molar refractivity (Wildman–Crippen MR) is 77.1 cm³/mol. The highest BCUT2D eigenvalue weighted by Gasteiger charge is 2.41. The van der Waals surface area contributed by atoms with Crippen molar-refractivity contribution in [1.82, 2.24) is 0 Å². The average molecular weight is 320 g/mol. The van der Waals surface area contributed by atoms with Gasteiger partial charge in [0, 0.05) is 25.4 Å². The lowest BCUT2D eigenvalue weighted by Gasteiger charge is -2.42. The molecular formula is C15H28O7. The average Bonchev–Trinajstić information content (AvgIpc) is 2.52. The summed E-state index contributed by atoms with van der Waals surface area (Å²) in [5, 5.41) is 48.5. The standard InChI is InChI=1S/C15H28O7/c1-2-9-5-12(15(20)13(7-17)21-9)22-10-3-8(6-16)14(19)11(18)4-10/h8-20H,2-7H2,1H3/t8-,9+,10-,11-,12-,13-,14-,15+/m1/s1. The molecule has 0 aromatic rings. The van der Waals surface area contributed by atoms with Gasteiger partial charge in [0.2, 0.25) is 0 Å². The molecule has 7 nitrogen and oxygen atoms in total. The number of hydrogen-bond donors (Lipinski definition) is 5. The lowest BCUT2D eigenvalue weighted by Crippen LogP contribution is -2.53. The fourth-order valence-electron chi connectivity index (χ4n) is 3.41. The molecule has 1 aliphatic heterocycles. The monoisotopic (exact) mass is 320 g/mol. The SMILES string of the molecule is CC[C@H]1C[C@@H](O[C@@H]2C[C@H](CO)[C@@H](O)[C@H](O)C2)[C@H](O)[C@@H](CO)O1. The van der Waals surface area contributed by atoms with Crippen molar-refractivity contribution in [2.24, 2.45) is 5.92 Å². The minimum Gasteiger partial charge on any atom is -0.396 e. The molecule has 0 radical (unpaired) electrons. The first-order valence-corrected chi connectivity index (χ1v) is 8.06. The van der Waals surface area contributed by atoms with Gasteiger partial charge in [0.05, 0.1) is 37.1 Å². The third kappa shape index (κ3) is 3.97. The zero-order valence-corrected chi connectivity index (χ0v) is 12.9. The Morgan fingerprint density at radius 3 is 2.32 bits per heavy atom. The van der Waals surface area contributed by atoms with Crippen molar-refractivity contribution in [3.63, 3.8) is 0 Å². The van der Waals surface area contributed by atoms with Crippen LogP contribution in [0.3, 0.4) is 0 Å². The van der Waals surface area contributed by atoms with Crippen LogP contribution in [0.4, 0.5) is 0 Å². The molecular weight excluding hydrogens is 292 g/mol. The van der Waals surface area contributed by atoms with Gasteiger partial charge in [0.25, 0.3) is 0 Å².